The van der Waals surface area contributed by atoms with E-state index in [1.807, 2.05) is 13.0 Å². The lowest BCUT2D eigenvalue weighted by Gasteiger charge is -2.16. The molecule has 2 aromatic rings. The number of aromatic nitrogens is 4. The molecule has 0 aliphatic rings. The average Bonchev–Trinajstić information content (AvgIpc) is 2.37. The standard InChI is InChI=1S/C12H15N5/c1-3-14-12(11-8-13-6-7-16-11)10-4-5-15-9(2)17-10/h4-8,12,14H,3H2,1-2H3. The minimum Gasteiger partial charge on any atom is -0.304 e. The van der Waals surface area contributed by atoms with Crippen LogP contribution in [0, 0.1) is 6.92 Å². The number of nitrogens with one attached hydrogen (secondary N) is 1. The van der Waals surface area contributed by atoms with Gasteiger partial charge in [0, 0.05) is 18.6 Å². The number of rotatable bonds is 4. The van der Waals surface area contributed by atoms with E-state index in [-0.39, 0.29) is 6.04 Å². The second-order valence-electron chi connectivity index (χ2n) is 3.65. The molecule has 5 heteroatoms. The van der Waals surface area contributed by atoms with Crippen LogP contribution in [0.5, 0.6) is 0 Å². The van der Waals surface area contributed by atoms with Gasteiger partial charge in [-0.3, -0.25) is 9.97 Å². The zero-order valence-electron chi connectivity index (χ0n) is 9.96. The molecular formula is C12H15N5. The first-order valence-corrected chi connectivity index (χ1v) is 5.60. The van der Waals surface area contributed by atoms with Gasteiger partial charge in [-0.2, -0.15) is 0 Å². The highest BCUT2D eigenvalue weighted by atomic mass is 15.0. The molecule has 1 N–H and O–H groups in total. The van der Waals surface area contributed by atoms with Gasteiger partial charge in [0.05, 0.1) is 23.6 Å². The van der Waals surface area contributed by atoms with Crippen molar-refractivity contribution in [2.75, 3.05) is 6.54 Å². The van der Waals surface area contributed by atoms with Gasteiger partial charge >= 0.3 is 0 Å². The van der Waals surface area contributed by atoms with Gasteiger partial charge in [-0.25, -0.2) is 9.97 Å². The summed E-state index contributed by atoms with van der Waals surface area (Å²) in [5.41, 5.74) is 1.78. The molecular weight excluding hydrogens is 214 g/mol. The number of hydrogen-bond acceptors (Lipinski definition) is 5. The third-order valence-electron chi connectivity index (χ3n) is 2.38. The van der Waals surface area contributed by atoms with Crippen LogP contribution >= 0.6 is 0 Å². The van der Waals surface area contributed by atoms with Crippen LogP contribution in [-0.4, -0.2) is 26.5 Å². The maximum absolute atomic E-state index is 4.43. The summed E-state index contributed by atoms with van der Waals surface area (Å²) in [7, 11) is 0. The van der Waals surface area contributed by atoms with Crippen molar-refractivity contribution >= 4 is 0 Å². The van der Waals surface area contributed by atoms with Crippen LogP contribution in [0.3, 0.4) is 0 Å². The zero-order valence-corrected chi connectivity index (χ0v) is 9.96. The summed E-state index contributed by atoms with van der Waals surface area (Å²) in [6.45, 7) is 4.77. The fourth-order valence-corrected chi connectivity index (χ4v) is 1.66. The van der Waals surface area contributed by atoms with Gasteiger partial charge in [-0.05, 0) is 19.5 Å². The van der Waals surface area contributed by atoms with Crippen molar-refractivity contribution in [3.63, 3.8) is 0 Å². The average molecular weight is 229 g/mol. The monoisotopic (exact) mass is 229 g/mol. The molecule has 0 bridgehead atoms. The maximum Gasteiger partial charge on any atom is 0.125 e. The van der Waals surface area contributed by atoms with Gasteiger partial charge < -0.3 is 5.32 Å². The normalized spacial score (nSPS) is 12.4. The lowest BCUT2D eigenvalue weighted by atomic mass is 10.1. The van der Waals surface area contributed by atoms with E-state index in [2.05, 4.69) is 32.2 Å². The smallest absolute Gasteiger partial charge is 0.125 e. The maximum atomic E-state index is 4.43. The van der Waals surface area contributed by atoms with E-state index in [9.17, 15) is 0 Å². The zero-order chi connectivity index (χ0) is 12.1. The van der Waals surface area contributed by atoms with Crippen LogP contribution < -0.4 is 5.32 Å². The van der Waals surface area contributed by atoms with Gasteiger partial charge in [-0.1, -0.05) is 6.92 Å². The summed E-state index contributed by atoms with van der Waals surface area (Å²) in [5.74, 6) is 0.759. The molecule has 0 aliphatic heterocycles. The second kappa shape index (κ2) is 5.45. The molecule has 2 aromatic heterocycles. The van der Waals surface area contributed by atoms with Crippen molar-refractivity contribution in [3.05, 3.63) is 48.1 Å². The largest absolute Gasteiger partial charge is 0.304 e. The van der Waals surface area contributed by atoms with Gasteiger partial charge in [0.15, 0.2) is 0 Å². The number of aryl methyl sites for hydroxylation is 1. The van der Waals surface area contributed by atoms with E-state index in [1.165, 1.54) is 0 Å². The van der Waals surface area contributed by atoms with Crippen molar-refractivity contribution in [2.45, 2.75) is 19.9 Å². The van der Waals surface area contributed by atoms with Crippen LogP contribution in [0.4, 0.5) is 0 Å². The molecule has 0 aliphatic carbocycles. The van der Waals surface area contributed by atoms with Crippen LogP contribution in [0.2, 0.25) is 0 Å². The minimum absolute atomic E-state index is 0.0320. The predicted molar refractivity (Wildman–Crippen MR) is 64.3 cm³/mol. The van der Waals surface area contributed by atoms with E-state index in [4.69, 9.17) is 0 Å². The van der Waals surface area contributed by atoms with Crippen molar-refractivity contribution in [1.82, 2.24) is 25.3 Å². The molecule has 0 spiro atoms. The Kier molecular flexibility index (Phi) is 3.72. The molecule has 0 saturated carbocycles. The van der Waals surface area contributed by atoms with Crippen LogP contribution in [0.15, 0.2) is 30.9 Å². The minimum atomic E-state index is -0.0320. The van der Waals surface area contributed by atoms with E-state index in [0.717, 1.165) is 23.8 Å². The first-order chi connectivity index (χ1) is 8.31. The summed E-state index contributed by atoms with van der Waals surface area (Å²) in [4.78, 5) is 16.9. The van der Waals surface area contributed by atoms with Crippen LogP contribution in [0.1, 0.15) is 30.2 Å². The van der Waals surface area contributed by atoms with Gasteiger partial charge in [-0.15, -0.1) is 0 Å². The van der Waals surface area contributed by atoms with Crippen LogP contribution in [-0.2, 0) is 0 Å². The van der Waals surface area contributed by atoms with Crippen molar-refractivity contribution < 1.29 is 0 Å². The summed E-state index contributed by atoms with van der Waals surface area (Å²) < 4.78 is 0. The molecule has 5 nitrogen and oxygen atoms in total. The number of nitrogens with zero attached hydrogens (tertiary/aromatic N) is 4. The fourth-order valence-electron chi connectivity index (χ4n) is 1.66. The Hall–Kier alpha value is -1.88. The molecule has 88 valence electrons. The highest BCUT2D eigenvalue weighted by Gasteiger charge is 2.15. The third kappa shape index (κ3) is 2.82. The van der Waals surface area contributed by atoms with Crippen molar-refractivity contribution in [1.29, 1.82) is 0 Å². The Morgan fingerprint density at radius 2 is 2.06 bits per heavy atom. The van der Waals surface area contributed by atoms with E-state index >= 15 is 0 Å². The number of hydrogen-bond donors (Lipinski definition) is 1. The van der Waals surface area contributed by atoms with Gasteiger partial charge in [0.1, 0.15) is 5.82 Å². The second-order valence-corrected chi connectivity index (χ2v) is 3.65. The lowest BCUT2D eigenvalue weighted by Crippen LogP contribution is -2.24. The van der Waals surface area contributed by atoms with Crippen molar-refractivity contribution in [2.24, 2.45) is 0 Å². The van der Waals surface area contributed by atoms with E-state index < -0.39 is 0 Å². The highest BCUT2D eigenvalue weighted by Crippen LogP contribution is 2.16. The molecule has 1 atom stereocenters. The molecule has 0 amide bonds. The topological polar surface area (TPSA) is 63.6 Å². The fraction of sp³-hybridized carbons (Fsp3) is 0.333. The quantitative estimate of drug-likeness (QED) is 0.855. The highest BCUT2D eigenvalue weighted by molar-refractivity contribution is 5.19. The van der Waals surface area contributed by atoms with Crippen molar-refractivity contribution in [3.8, 4) is 0 Å². The first kappa shape index (κ1) is 11.6. The Morgan fingerprint density at radius 3 is 2.71 bits per heavy atom. The Balaban J connectivity index is 2.35. The Labute approximate surface area is 100 Å². The summed E-state index contributed by atoms with van der Waals surface area (Å²) >= 11 is 0. The molecule has 0 fully saturated rings. The summed E-state index contributed by atoms with van der Waals surface area (Å²) in [6, 6.07) is 1.87. The Morgan fingerprint density at radius 1 is 1.18 bits per heavy atom. The summed E-state index contributed by atoms with van der Waals surface area (Å²) in [5, 5.41) is 3.35. The van der Waals surface area contributed by atoms with Crippen LogP contribution in [0.25, 0.3) is 0 Å². The Bertz CT molecular complexity index is 471. The molecule has 0 radical (unpaired) electrons. The molecule has 1 unspecified atom stereocenters. The predicted octanol–water partition coefficient (Wildman–Crippen LogP) is 1.27. The molecule has 0 aromatic carbocycles. The third-order valence-corrected chi connectivity index (χ3v) is 2.38. The SMILES string of the molecule is CCNC(c1cnccn1)c1ccnc(C)n1. The molecule has 2 heterocycles. The van der Waals surface area contributed by atoms with E-state index in [1.54, 1.807) is 24.8 Å². The first-order valence-electron chi connectivity index (χ1n) is 5.60. The van der Waals surface area contributed by atoms with Gasteiger partial charge in [0.25, 0.3) is 0 Å². The van der Waals surface area contributed by atoms with Gasteiger partial charge in [0.2, 0.25) is 0 Å². The van der Waals surface area contributed by atoms with E-state index in [0.29, 0.717) is 0 Å². The molecule has 17 heavy (non-hydrogen) atoms. The lowest BCUT2D eigenvalue weighted by molar-refractivity contribution is 0.595. The molecule has 0 saturated heterocycles. The summed E-state index contributed by atoms with van der Waals surface area (Å²) in [6.07, 6.45) is 6.87. The molecule has 2 rings (SSSR count).